The summed E-state index contributed by atoms with van der Waals surface area (Å²) in [7, 11) is 0. The van der Waals surface area contributed by atoms with E-state index < -0.39 is 18.4 Å². The number of fused-ring (bicyclic) bond motifs is 2. The molecule has 2 bridgehead atoms. The van der Waals surface area contributed by atoms with Crippen molar-refractivity contribution in [2.24, 2.45) is 0 Å². The zero-order valence-corrected chi connectivity index (χ0v) is 19.6. The van der Waals surface area contributed by atoms with Gasteiger partial charge in [-0.25, -0.2) is 4.98 Å². The van der Waals surface area contributed by atoms with Gasteiger partial charge in [-0.05, 0) is 50.3 Å². The van der Waals surface area contributed by atoms with Crippen molar-refractivity contribution in [3.05, 3.63) is 47.9 Å². The minimum atomic E-state index is -4.44. The van der Waals surface area contributed by atoms with Gasteiger partial charge in [0.15, 0.2) is 6.61 Å². The van der Waals surface area contributed by atoms with Gasteiger partial charge in [-0.1, -0.05) is 0 Å². The number of carbonyl (C=O) groups excluding carboxylic acids is 1. The maximum Gasteiger partial charge on any atom is 0.422 e. The molecule has 0 spiro atoms. The number of rotatable bonds is 7. The number of amides is 1. The third-order valence-corrected chi connectivity index (χ3v) is 7.25. The number of piperazine rings is 1. The van der Waals surface area contributed by atoms with Gasteiger partial charge in [0.2, 0.25) is 5.91 Å². The largest absolute Gasteiger partial charge is 0.482 e. The number of ether oxygens (including phenoxy) is 2. The third-order valence-electron chi connectivity index (χ3n) is 7.25. The normalized spacial score (nSPS) is 22.6. The highest BCUT2D eigenvalue weighted by Crippen LogP contribution is 2.45. The molecule has 8 nitrogen and oxygen atoms in total. The van der Waals surface area contributed by atoms with E-state index in [0.29, 0.717) is 37.1 Å². The van der Waals surface area contributed by atoms with Gasteiger partial charge in [0, 0.05) is 43.1 Å². The second kappa shape index (κ2) is 9.58. The first-order valence-electron chi connectivity index (χ1n) is 12.0. The van der Waals surface area contributed by atoms with Crippen LogP contribution in [0.3, 0.4) is 0 Å². The second-order valence-electron chi connectivity index (χ2n) is 9.56. The molecule has 1 saturated carbocycles. The number of nitriles is 1. The fourth-order valence-electron chi connectivity index (χ4n) is 5.30. The number of alkyl halides is 3. The van der Waals surface area contributed by atoms with Crippen molar-refractivity contribution < 1.29 is 27.4 Å². The van der Waals surface area contributed by atoms with E-state index >= 15 is 0 Å². The maximum absolute atomic E-state index is 13.1. The number of aromatic nitrogens is 2. The summed E-state index contributed by atoms with van der Waals surface area (Å²) in [6.07, 6.45) is 4.06. The Morgan fingerprint density at radius 2 is 1.92 bits per heavy atom. The van der Waals surface area contributed by atoms with E-state index in [1.807, 2.05) is 11.0 Å². The maximum atomic E-state index is 13.1. The van der Waals surface area contributed by atoms with Gasteiger partial charge >= 0.3 is 6.18 Å². The van der Waals surface area contributed by atoms with E-state index in [2.05, 4.69) is 20.9 Å². The van der Waals surface area contributed by atoms with E-state index in [1.54, 1.807) is 18.5 Å². The summed E-state index contributed by atoms with van der Waals surface area (Å²) in [6, 6.07) is 7.50. The van der Waals surface area contributed by atoms with Crippen LogP contribution in [0.1, 0.15) is 43.2 Å². The van der Waals surface area contributed by atoms with Gasteiger partial charge in [0.25, 0.3) is 0 Å². The van der Waals surface area contributed by atoms with Gasteiger partial charge in [0.1, 0.15) is 24.2 Å². The van der Waals surface area contributed by atoms with Crippen LogP contribution in [-0.4, -0.2) is 65.3 Å². The molecule has 190 valence electrons. The predicted octanol–water partition coefficient (Wildman–Crippen LogP) is 3.56. The average Bonchev–Trinajstić information content (AvgIpc) is 3.10. The lowest BCUT2D eigenvalue weighted by molar-refractivity contribution is -0.155. The first kappa shape index (κ1) is 24.3. The summed E-state index contributed by atoms with van der Waals surface area (Å²) in [5.41, 5.74) is 0.389. The standard InChI is InChI=1S/C25H26F3N5O3/c26-25(27,28)16-35-21-8-18(11-30-12-21)24(6-1-7-24)36-15-23(34)32-13-19-3-4-20(14-32)33(19)22-5-2-17(9-29)10-31-22/h2,5,8,10-12,19-20H,1,3-4,6-7,13-16H2/t19-,20?/m0/s1. The lowest BCUT2D eigenvalue weighted by atomic mass is 9.75. The smallest absolute Gasteiger partial charge is 0.422 e. The van der Waals surface area contributed by atoms with Crippen LogP contribution in [0, 0.1) is 11.3 Å². The molecule has 1 aliphatic carbocycles. The molecule has 5 rings (SSSR count). The van der Waals surface area contributed by atoms with Gasteiger partial charge < -0.3 is 19.3 Å². The predicted molar refractivity (Wildman–Crippen MR) is 122 cm³/mol. The Labute approximate surface area is 206 Å². The van der Waals surface area contributed by atoms with Crippen molar-refractivity contribution in [2.45, 2.75) is 56.0 Å². The van der Waals surface area contributed by atoms with E-state index in [1.165, 1.54) is 12.3 Å². The van der Waals surface area contributed by atoms with Crippen LogP contribution in [0.4, 0.5) is 19.0 Å². The summed E-state index contributed by atoms with van der Waals surface area (Å²) >= 11 is 0. The average molecular weight is 502 g/mol. The van der Waals surface area contributed by atoms with Crippen LogP contribution in [0.2, 0.25) is 0 Å². The molecular weight excluding hydrogens is 475 g/mol. The molecule has 3 aliphatic rings. The fourth-order valence-corrected chi connectivity index (χ4v) is 5.30. The van der Waals surface area contributed by atoms with Gasteiger partial charge in [-0.3, -0.25) is 9.78 Å². The van der Waals surface area contributed by atoms with Gasteiger partial charge in [-0.2, -0.15) is 18.4 Å². The summed E-state index contributed by atoms with van der Waals surface area (Å²) in [5, 5.41) is 9.01. The molecule has 0 radical (unpaired) electrons. The molecule has 11 heteroatoms. The topological polar surface area (TPSA) is 91.6 Å². The molecule has 2 aromatic rings. The number of pyridine rings is 2. The lowest BCUT2D eigenvalue weighted by Crippen LogP contribution is -2.56. The molecule has 2 aromatic heterocycles. The molecule has 3 fully saturated rings. The quantitative estimate of drug-likeness (QED) is 0.573. The minimum absolute atomic E-state index is 0.0233. The molecule has 0 aromatic carbocycles. The van der Waals surface area contributed by atoms with Crippen molar-refractivity contribution in [3.8, 4) is 11.8 Å². The van der Waals surface area contributed by atoms with Crippen molar-refractivity contribution in [2.75, 3.05) is 31.2 Å². The number of hydrogen-bond acceptors (Lipinski definition) is 7. The Hall–Kier alpha value is -3.39. The molecule has 2 aliphatic heterocycles. The van der Waals surface area contributed by atoms with Crippen LogP contribution in [-0.2, 0) is 15.1 Å². The number of hydrogen-bond donors (Lipinski definition) is 0. The molecule has 36 heavy (non-hydrogen) atoms. The third kappa shape index (κ3) is 4.95. The monoisotopic (exact) mass is 501 g/mol. The highest BCUT2D eigenvalue weighted by atomic mass is 19.4. The van der Waals surface area contributed by atoms with Gasteiger partial charge in [-0.15, -0.1) is 0 Å². The zero-order valence-electron chi connectivity index (χ0n) is 19.6. The Morgan fingerprint density at radius 3 is 2.50 bits per heavy atom. The van der Waals surface area contributed by atoms with Crippen molar-refractivity contribution in [1.29, 1.82) is 5.26 Å². The molecule has 1 unspecified atom stereocenters. The highest BCUT2D eigenvalue weighted by molar-refractivity contribution is 5.78. The minimum Gasteiger partial charge on any atom is -0.482 e. The van der Waals surface area contributed by atoms with Crippen LogP contribution >= 0.6 is 0 Å². The first-order valence-corrected chi connectivity index (χ1v) is 12.0. The van der Waals surface area contributed by atoms with E-state index in [9.17, 15) is 18.0 Å². The fraction of sp³-hybridized carbons (Fsp3) is 0.520. The van der Waals surface area contributed by atoms with E-state index in [4.69, 9.17) is 14.7 Å². The first-order chi connectivity index (χ1) is 17.3. The zero-order chi connectivity index (χ0) is 25.3. The summed E-state index contributed by atoms with van der Waals surface area (Å²) < 4.78 is 48.5. The number of anilines is 1. The molecule has 4 heterocycles. The van der Waals surface area contributed by atoms with Crippen molar-refractivity contribution in [1.82, 2.24) is 14.9 Å². The van der Waals surface area contributed by atoms with Crippen molar-refractivity contribution in [3.63, 3.8) is 0 Å². The number of carbonyl (C=O) groups is 1. The SMILES string of the molecule is N#Cc1ccc(N2C3CC[C@H]2CN(C(=O)COC2(c4cncc(OCC(F)(F)F)c4)CCC2)C3)nc1. The van der Waals surface area contributed by atoms with Crippen LogP contribution in [0.15, 0.2) is 36.8 Å². The highest BCUT2D eigenvalue weighted by Gasteiger charge is 2.44. The molecule has 2 saturated heterocycles. The number of likely N-dealkylation sites (tertiary alicyclic amines) is 1. The van der Waals surface area contributed by atoms with E-state index in [-0.39, 0.29) is 30.3 Å². The summed E-state index contributed by atoms with van der Waals surface area (Å²) in [5.74, 6) is 0.733. The molecule has 2 atom stereocenters. The van der Waals surface area contributed by atoms with Crippen LogP contribution < -0.4 is 9.64 Å². The van der Waals surface area contributed by atoms with Crippen LogP contribution in [0.25, 0.3) is 0 Å². The Bertz CT molecular complexity index is 1130. The molecule has 0 N–H and O–H groups in total. The summed E-state index contributed by atoms with van der Waals surface area (Å²) in [6.45, 7) is -0.371. The Morgan fingerprint density at radius 1 is 1.17 bits per heavy atom. The molecule has 1 amide bonds. The number of nitrogens with zero attached hydrogens (tertiary/aromatic N) is 5. The Kier molecular flexibility index (Phi) is 6.47. The lowest BCUT2D eigenvalue weighted by Gasteiger charge is -2.44. The Balaban J connectivity index is 1.20. The van der Waals surface area contributed by atoms with Crippen LogP contribution in [0.5, 0.6) is 5.75 Å². The molecular formula is C25H26F3N5O3. The van der Waals surface area contributed by atoms with Gasteiger partial charge in [0.05, 0.1) is 17.4 Å². The van der Waals surface area contributed by atoms with Crippen molar-refractivity contribution >= 4 is 11.7 Å². The van der Waals surface area contributed by atoms with E-state index in [0.717, 1.165) is 25.1 Å². The second-order valence-corrected chi connectivity index (χ2v) is 9.56. The number of halogens is 3. The summed E-state index contributed by atoms with van der Waals surface area (Å²) in [4.78, 5) is 25.6.